The number of carbonyl (C=O) groups is 1. The Balaban J connectivity index is 2.11. The molecule has 4 heteroatoms. The van der Waals surface area contributed by atoms with E-state index in [0.29, 0.717) is 11.1 Å². The predicted molar refractivity (Wildman–Crippen MR) is 73.1 cm³/mol. The molecule has 0 saturated heterocycles. The van der Waals surface area contributed by atoms with Crippen LogP contribution in [0.1, 0.15) is 22.8 Å². The summed E-state index contributed by atoms with van der Waals surface area (Å²) in [6, 6.07) is 9.35. The molecule has 2 heterocycles. The Kier molecular flexibility index (Phi) is 2.83. The van der Waals surface area contributed by atoms with E-state index in [1.807, 2.05) is 37.3 Å². The fourth-order valence-corrected chi connectivity index (χ4v) is 2.11. The molecule has 0 aliphatic carbocycles. The minimum absolute atomic E-state index is 0.0155. The van der Waals surface area contributed by atoms with Crippen molar-refractivity contribution in [2.45, 2.75) is 13.5 Å². The third kappa shape index (κ3) is 2.01. The molecular weight excluding hydrogens is 238 g/mol. The van der Waals surface area contributed by atoms with Gasteiger partial charge in [0.25, 0.3) is 0 Å². The van der Waals surface area contributed by atoms with Crippen molar-refractivity contribution in [3.05, 3.63) is 60.0 Å². The van der Waals surface area contributed by atoms with Gasteiger partial charge >= 0.3 is 0 Å². The molecule has 4 nitrogen and oxygen atoms in total. The van der Waals surface area contributed by atoms with Gasteiger partial charge in [0.2, 0.25) is 0 Å². The van der Waals surface area contributed by atoms with Crippen molar-refractivity contribution in [1.82, 2.24) is 14.8 Å². The van der Waals surface area contributed by atoms with Crippen LogP contribution in [0.25, 0.3) is 10.9 Å². The standard InChI is InChI=1S/C15H13N3O/c1-2-18-10-11(9-17-18)15(19)13-5-3-7-14-12(13)6-4-8-16-14/h3-10H,2H2,1H3. The highest BCUT2D eigenvalue weighted by molar-refractivity contribution is 6.15. The topological polar surface area (TPSA) is 47.8 Å². The second-order valence-electron chi connectivity index (χ2n) is 4.29. The Morgan fingerprint density at radius 3 is 2.95 bits per heavy atom. The molecule has 0 spiro atoms. The lowest BCUT2D eigenvalue weighted by molar-refractivity contribution is 0.104. The number of pyridine rings is 1. The third-order valence-corrected chi connectivity index (χ3v) is 3.11. The molecule has 0 saturated carbocycles. The maximum atomic E-state index is 12.5. The average molecular weight is 251 g/mol. The largest absolute Gasteiger partial charge is 0.288 e. The second kappa shape index (κ2) is 4.65. The number of ketones is 1. The van der Waals surface area contributed by atoms with Crippen LogP contribution in [0.4, 0.5) is 0 Å². The van der Waals surface area contributed by atoms with Crippen LogP contribution in [0.2, 0.25) is 0 Å². The lowest BCUT2D eigenvalue weighted by Crippen LogP contribution is -2.01. The number of hydrogen-bond donors (Lipinski definition) is 0. The van der Waals surface area contributed by atoms with Crippen molar-refractivity contribution in [3.8, 4) is 0 Å². The number of aryl methyl sites for hydroxylation is 1. The van der Waals surface area contributed by atoms with Crippen molar-refractivity contribution in [2.24, 2.45) is 0 Å². The number of benzene rings is 1. The molecule has 0 radical (unpaired) electrons. The van der Waals surface area contributed by atoms with Crippen LogP contribution in [0.15, 0.2) is 48.9 Å². The SMILES string of the molecule is CCn1cc(C(=O)c2cccc3ncccc23)cn1. The molecular formula is C15H13N3O. The lowest BCUT2D eigenvalue weighted by atomic mass is 10.0. The minimum Gasteiger partial charge on any atom is -0.288 e. The summed E-state index contributed by atoms with van der Waals surface area (Å²) in [6.45, 7) is 2.74. The number of carbonyl (C=O) groups excluding carboxylic acids is 1. The first-order valence-corrected chi connectivity index (χ1v) is 6.20. The number of rotatable bonds is 3. The monoisotopic (exact) mass is 251 g/mol. The van der Waals surface area contributed by atoms with Crippen molar-refractivity contribution in [3.63, 3.8) is 0 Å². The summed E-state index contributed by atoms with van der Waals surface area (Å²) >= 11 is 0. The highest BCUT2D eigenvalue weighted by Gasteiger charge is 2.14. The number of fused-ring (bicyclic) bond motifs is 1. The van der Waals surface area contributed by atoms with Crippen LogP contribution in [0.5, 0.6) is 0 Å². The van der Waals surface area contributed by atoms with E-state index in [2.05, 4.69) is 10.1 Å². The quantitative estimate of drug-likeness (QED) is 0.672. The molecule has 0 aliphatic heterocycles. The van der Waals surface area contributed by atoms with E-state index < -0.39 is 0 Å². The second-order valence-corrected chi connectivity index (χ2v) is 4.29. The number of hydrogen-bond acceptors (Lipinski definition) is 3. The summed E-state index contributed by atoms with van der Waals surface area (Å²) in [6.07, 6.45) is 5.12. The van der Waals surface area contributed by atoms with E-state index in [4.69, 9.17) is 0 Å². The highest BCUT2D eigenvalue weighted by atomic mass is 16.1. The zero-order valence-electron chi connectivity index (χ0n) is 10.6. The fraction of sp³-hybridized carbons (Fsp3) is 0.133. The molecule has 0 N–H and O–H groups in total. The Labute approximate surface area is 110 Å². The van der Waals surface area contributed by atoms with Gasteiger partial charge in [-0.05, 0) is 19.1 Å². The summed E-state index contributed by atoms with van der Waals surface area (Å²) < 4.78 is 1.75. The summed E-state index contributed by atoms with van der Waals surface area (Å²) in [4.78, 5) is 16.8. The van der Waals surface area contributed by atoms with Gasteiger partial charge in [-0.2, -0.15) is 5.10 Å². The Morgan fingerprint density at radius 2 is 2.16 bits per heavy atom. The van der Waals surface area contributed by atoms with Gasteiger partial charge in [-0.15, -0.1) is 0 Å². The van der Waals surface area contributed by atoms with Gasteiger partial charge in [-0.3, -0.25) is 14.5 Å². The predicted octanol–water partition coefficient (Wildman–Crippen LogP) is 2.68. The van der Waals surface area contributed by atoms with Gasteiger partial charge in [0.15, 0.2) is 5.78 Å². The van der Waals surface area contributed by atoms with E-state index in [1.54, 1.807) is 23.3 Å². The molecule has 0 fully saturated rings. The van der Waals surface area contributed by atoms with E-state index in [1.165, 1.54) is 0 Å². The van der Waals surface area contributed by atoms with E-state index >= 15 is 0 Å². The van der Waals surface area contributed by atoms with Crippen LogP contribution in [0, 0.1) is 0 Å². The first-order valence-electron chi connectivity index (χ1n) is 6.20. The number of nitrogens with zero attached hydrogens (tertiary/aromatic N) is 3. The smallest absolute Gasteiger partial charge is 0.196 e. The summed E-state index contributed by atoms with van der Waals surface area (Å²) in [5, 5.41) is 5.02. The molecule has 3 aromatic rings. The molecule has 0 aliphatic rings. The molecule has 3 rings (SSSR count). The first kappa shape index (κ1) is 11.6. The van der Waals surface area contributed by atoms with Crippen molar-refractivity contribution >= 4 is 16.7 Å². The normalized spacial score (nSPS) is 10.8. The lowest BCUT2D eigenvalue weighted by Gasteiger charge is -2.03. The maximum Gasteiger partial charge on any atom is 0.196 e. The zero-order valence-corrected chi connectivity index (χ0v) is 10.6. The van der Waals surface area contributed by atoms with E-state index in [0.717, 1.165) is 17.4 Å². The third-order valence-electron chi connectivity index (χ3n) is 3.11. The summed E-state index contributed by atoms with van der Waals surface area (Å²) in [5.74, 6) is -0.0155. The van der Waals surface area contributed by atoms with E-state index in [-0.39, 0.29) is 5.78 Å². The maximum absolute atomic E-state index is 12.5. The molecule has 0 unspecified atom stereocenters. The minimum atomic E-state index is -0.0155. The van der Waals surface area contributed by atoms with Gasteiger partial charge in [-0.25, -0.2) is 0 Å². The molecule has 0 atom stereocenters. The number of aromatic nitrogens is 3. The zero-order chi connectivity index (χ0) is 13.2. The average Bonchev–Trinajstić information content (AvgIpc) is 2.95. The Hall–Kier alpha value is -2.49. The van der Waals surface area contributed by atoms with Crippen molar-refractivity contribution < 1.29 is 4.79 Å². The molecule has 2 aromatic heterocycles. The molecule has 0 bridgehead atoms. The Morgan fingerprint density at radius 1 is 1.26 bits per heavy atom. The van der Waals surface area contributed by atoms with Crippen LogP contribution in [0.3, 0.4) is 0 Å². The van der Waals surface area contributed by atoms with Gasteiger partial charge in [0, 0.05) is 29.9 Å². The van der Waals surface area contributed by atoms with Crippen molar-refractivity contribution in [2.75, 3.05) is 0 Å². The van der Waals surface area contributed by atoms with Crippen LogP contribution in [-0.4, -0.2) is 20.5 Å². The van der Waals surface area contributed by atoms with Gasteiger partial charge in [0.1, 0.15) is 0 Å². The van der Waals surface area contributed by atoms with Crippen LogP contribution >= 0.6 is 0 Å². The molecule has 0 amide bonds. The van der Waals surface area contributed by atoms with Gasteiger partial charge < -0.3 is 0 Å². The molecule has 1 aromatic carbocycles. The summed E-state index contributed by atoms with van der Waals surface area (Å²) in [7, 11) is 0. The van der Waals surface area contributed by atoms with Crippen molar-refractivity contribution in [1.29, 1.82) is 0 Å². The van der Waals surface area contributed by atoms with Gasteiger partial charge in [0.05, 0.1) is 17.3 Å². The van der Waals surface area contributed by atoms with Crippen LogP contribution < -0.4 is 0 Å². The van der Waals surface area contributed by atoms with Crippen LogP contribution in [-0.2, 0) is 6.54 Å². The Bertz CT molecular complexity index is 740. The van der Waals surface area contributed by atoms with Gasteiger partial charge in [-0.1, -0.05) is 18.2 Å². The van der Waals surface area contributed by atoms with E-state index in [9.17, 15) is 4.79 Å². The molecule has 19 heavy (non-hydrogen) atoms. The first-order chi connectivity index (χ1) is 9.29. The highest BCUT2D eigenvalue weighted by Crippen LogP contribution is 2.19. The molecule has 94 valence electrons. The fourth-order valence-electron chi connectivity index (χ4n) is 2.11. The summed E-state index contributed by atoms with van der Waals surface area (Å²) in [5.41, 5.74) is 2.11.